The molecule has 0 radical (unpaired) electrons. The summed E-state index contributed by atoms with van der Waals surface area (Å²) in [5, 5.41) is 10.1. The largest absolute Gasteiger partial charge is 0.454 e. The van der Waals surface area contributed by atoms with E-state index in [2.05, 4.69) is 0 Å². The number of hydrogen-bond donors (Lipinski definition) is 1. The maximum atomic E-state index is 10.1. The Bertz CT molecular complexity index is 414. The lowest BCUT2D eigenvalue weighted by Crippen LogP contribution is -2.09. The Balaban J connectivity index is 1.59. The highest BCUT2D eigenvalue weighted by atomic mass is 16.7. The molecule has 0 spiro atoms. The molecule has 1 unspecified atom stereocenters. The minimum Gasteiger partial charge on any atom is -0.454 e. The molecule has 0 bridgehead atoms. The molecular formula is C13H16O5. The Hall–Kier alpha value is -1.30. The number of fused-ring (bicyclic) bond motifs is 1. The van der Waals surface area contributed by atoms with Crippen molar-refractivity contribution < 1.29 is 24.1 Å². The van der Waals surface area contributed by atoms with Crippen molar-refractivity contribution >= 4 is 0 Å². The summed E-state index contributed by atoms with van der Waals surface area (Å²) in [4.78, 5) is 0. The number of ether oxygens (including phenoxy) is 4. The summed E-state index contributed by atoms with van der Waals surface area (Å²) >= 11 is 0. The average molecular weight is 252 g/mol. The topological polar surface area (TPSA) is 57.2 Å². The summed E-state index contributed by atoms with van der Waals surface area (Å²) in [6.45, 7) is 1.54. The molecule has 98 valence electrons. The van der Waals surface area contributed by atoms with Gasteiger partial charge in [-0.05, 0) is 24.1 Å². The van der Waals surface area contributed by atoms with Crippen molar-refractivity contribution in [3.05, 3.63) is 23.8 Å². The molecule has 5 heteroatoms. The van der Waals surface area contributed by atoms with Crippen LogP contribution >= 0.6 is 0 Å². The third kappa shape index (κ3) is 2.43. The van der Waals surface area contributed by atoms with Crippen LogP contribution in [0, 0.1) is 0 Å². The van der Waals surface area contributed by atoms with E-state index in [0.29, 0.717) is 31.8 Å². The van der Waals surface area contributed by atoms with E-state index in [0.717, 1.165) is 11.3 Å². The van der Waals surface area contributed by atoms with Crippen LogP contribution in [-0.2, 0) is 9.47 Å². The number of hydrogen-bond acceptors (Lipinski definition) is 5. The first-order valence-electron chi connectivity index (χ1n) is 6.14. The van der Waals surface area contributed by atoms with Crippen LogP contribution in [0.25, 0.3) is 0 Å². The van der Waals surface area contributed by atoms with Gasteiger partial charge in [-0.2, -0.15) is 0 Å². The normalized spacial score (nSPS) is 20.3. The summed E-state index contributed by atoms with van der Waals surface area (Å²) in [5.74, 6) is 1.42. The summed E-state index contributed by atoms with van der Waals surface area (Å²) in [5.41, 5.74) is 0.831. The van der Waals surface area contributed by atoms with Crippen molar-refractivity contribution in [1.82, 2.24) is 0 Å². The highest BCUT2D eigenvalue weighted by molar-refractivity contribution is 5.45. The van der Waals surface area contributed by atoms with Crippen LogP contribution in [-0.4, -0.2) is 31.4 Å². The van der Waals surface area contributed by atoms with Crippen molar-refractivity contribution in [2.75, 3.05) is 20.0 Å². The quantitative estimate of drug-likeness (QED) is 0.882. The van der Waals surface area contributed by atoms with Gasteiger partial charge < -0.3 is 24.1 Å². The van der Waals surface area contributed by atoms with Gasteiger partial charge in [-0.25, -0.2) is 0 Å². The highest BCUT2D eigenvalue weighted by Crippen LogP contribution is 2.35. The Kier molecular flexibility index (Phi) is 3.36. The standard InChI is InChI=1S/C13H16O5/c14-10(2-4-13-15-5-6-16-13)9-1-3-11-12(7-9)18-8-17-11/h1,3,7,10,13-14H,2,4-6,8H2. The predicted octanol–water partition coefficient (Wildman–Crippen LogP) is 1.60. The number of aliphatic hydroxyl groups excluding tert-OH is 1. The van der Waals surface area contributed by atoms with Gasteiger partial charge in [0.1, 0.15) is 0 Å². The van der Waals surface area contributed by atoms with Gasteiger partial charge in [-0.3, -0.25) is 0 Å². The van der Waals surface area contributed by atoms with Crippen molar-refractivity contribution in [3.63, 3.8) is 0 Å². The van der Waals surface area contributed by atoms with Crippen LogP contribution in [0.1, 0.15) is 24.5 Å². The van der Waals surface area contributed by atoms with Crippen LogP contribution in [0.4, 0.5) is 0 Å². The van der Waals surface area contributed by atoms with E-state index >= 15 is 0 Å². The molecule has 1 saturated heterocycles. The lowest BCUT2D eigenvalue weighted by molar-refractivity contribution is -0.0542. The second-order valence-corrected chi connectivity index (χ2v) is 4.38. The molecule has 0 aliphatic carbocycles. The van der Waals surface area contributed by atoms with E-state index < -0.39 is 6.10 Å². The lowest BCUT2D eigenvalue weighted by Gasteiger charge is -2.14. The fraction of sp³-hybridized carbons (Fsp3) is 0.538. The van der Waals surface area contributed by atoms with Crippen molar-refractivity contribution in [2.45, 2.75) is 25.2 Å². The third-order valence-electron chi connectivity index (χ3n) is 3.15. The zero-order valence-corrected chi connectivity index (χ0v) is 10.0. The van der Waals surface area contributed by atoms with Gasteiger partial charge in [0, 0.05) is 6.42 Å². The van der Waals surface area contributed by atoms with Crippen molar-refractivity contribution in [3.8, 4) is 11.5 Å². The first-order valence-corrected chi connectivity index (χ1v) is 6.14. The van der Waals surface area contributed by atoms with Crippen molar-refractivity contribution in [1.29, 1.82) is 0 Å². The fourth-order valence-corrected chi connectivity index (χ4v) is 2.15. The van der Waals surface area contributed by atoms with Gasteiger partial charge in [0.15, 0.2) is 17.8 Å². The summed E-state index contributed by atoms with van der Waals surface area (Å²) in [6, 6.07) is 5.50. The molecule has 1 aromatic rings. The number of rotatable bonds is 4. The van der Waals surface area contributed by atoms with Crippen LogP contribution in [0.15, 0.2) is 18.2 Å². The van der Waals surface area contributed by atoms with E-state index in [4.69, 9.17) is 18.9 Å². The minimum absolute atomic E-state index is 0.173. The van der Waals surface area contributed by atoms with Gasteiger partial charge >= 0.3 is 0 Å². The molecule has 5 nitrogen and oxygen atoms in total. The van der Waals surface area contributed by atoms with Crippen LogP contribution in [0.5, 0.6) is 11.5 Å². The highest BCUT2D eigenvalue weighted by Gasteiger charge is 2.20. The van der Waals surface area contributed by atoms with Gasteiger partial charge in [-0.1, -0.05) is 6.07 Å². The Labute approximate surface area is 105 Å². The first kappa shape index (κ1) is 11.8. The first-order chi connectivity index (χ1) is 8.83. The Morgan fingerprint density at radius 2 is 1.94 bits per heavy atom. The van der Waals surface area contributed by atoms with Gasteiger partial charge in [0.25, 0.3) is 0 Å². The second kappa shape index (κ2) is 5.14. The molecule has 3 rings (SSSR count). The third-order valence-corrected chi connectivity index (χ3v) is 3.15. The van der Waals surface area contributed by atoms with Gasteiger partial charge in [0.2, 0.25) is 6.79 Å². The lowest BCUT2D eigenvalue weighted by atomic mass is 10.0. The summed E-state index contributed by atoms with van der Waals surface area (Å²) < 4.78 is 21.2. The van der Waals surface area contributed by atoms with Crippen molar-refractivity contribution in [2.24, 2.45) is 0 Å². The van der Waals surface area contributed by atoms with E-state index in [-0.39, 0.29) is 13.1 Å². The Morgan fingerprint density at radius 1 is 1.17 bits per heavy atom. The smallest absolute Gasteiger partial charge is 0.231 e. The van der Waals surface area contributed by atoms with Crippen LogP contribution in [0.3, 0.4) is 0 Å². The molecule has 0 amide bonds. The Morgan fingerprint density at radius 3 is 2.78 bits per heavy atom. The zero-order chi connectivity index (χ0) is 12.4. The number of aliphatic hydroxyl groups is 1. The monoisotopic (exact) mass is 252 g/mol. The molecule has 2 heterocycles. The van der Waals surface area contributed by atoms with Gasteiger partial charge in [-0.15, -0.1) is 0 Å². The molecule has 2 aliphatic rings. The molecule has 1 fully saturated rings. The fourth-order valence-electron chi connectivity index (χ4n) is 2.15. The minimum atomic E-state index is -0.535. The maximum absolute atomic E-state index is 10.1. The van der Waals surface area contributed by atoms with E-state index in [1.165, 1.54) is 0 Å². The molecule has 1 N–H and O–H groups in total. The molecule has 18 heavy (non-hydrogen) atoms. The maximum Gasteiger partial charge on any atom is 0.231 e. The van der Waals surface area contributed by atoms with Crippen LogP contribution < -0.4 is 9.47 Å². The molecule has 0 aromatic heterocycles. The zero-order valence-electron chi connectivity index (χ0n) is 10.0. The molecule has 1 atom stereocenters. The number of benzene rings is 1. The average Bonchev–Trinajstić information content (AvgIpc) is 3.05. The van der Waals surface area contributed by atoms with E-state index in [1.54, 1.807) is 0 Å². The second-order valence-electron chi connectivity index (χ2n) is 4.38. The van der Waals surface area contributed by atoms with E-state index in [1.807, 2.05) is 18.2 Å². The molecule has 1 aromatic carbocycles. The molecular weight excluding hydrogens is 236 g/mol. The molecule has 0 saturated carbocycles. The SMILES string of the molecule is OC(CCC1OCCO1)c1ccc2c(c1)OCO2. The predicted molar refractivity (Wildman–Crippen MR) is 62.5 cm³/mol. The van der Waals surface area contributed by atoms with Gasteiger partial charge in [0.05, 0.1) is 19.3 Å². The van der Waals surface area contributed by atoms with E-state index in [9.17, 15) is 5.11 Å². The summed E-state index contributed by atoms with van der Waals surface area (Å²) in [6.07, 6.45) is 0.584. The summed E-state index contributed by atoms with van der Waals surface area (Å²) in [7, 11) is 0. The van der Waals surface area contributed by atoms with Crippen LogP contribution in [0.2, 0.25) is 0 Å². The molecule has 2 aliphatic heterocycles.